The summed E-state index contributed by atoms with van der Waals surface area (Å²) in [7, 11) is 0. The van der Waals surface area contributed by atoms with Crippen molar-refractivity contribution in [3.63, 3.8) is 0 Å². The van der Waals surface area contributed by atoms with E-state index >= 15 is 0 Å². The van der Waals surface area contributed by atoms with Crippen molar-refractivity contribution < 1.29 is 14.3 Å². The number of likely N-dealkylation sites (tertiary alicyclic amines) is 1. The molecule has 6 nitrogen and oxygen atoms in total. The van der Waals surface area contributed by atoms with Crippen LogP contribution in [0.1, 0.15) is 41.9 Å². The van der Waals surface area contributed by atoms with Crippen LogP contribution in [0.15, 0.2) is 6.33 Å². The van der Waals surface area contributed by atoms with Crippen LogP contribution in [-0.2, 0) is 9.47 Å². The molecule has 0 radical (unpaired) electrons. The quantitative estimate of drug-likeness (QED) is 0.812. The van der Waals surface area contributed by atoms with E-state index in [9.17, 15) is 4.79 Å². The second-order valence-electron chi connectivity index (χ2n) is 7.24. The maximum atomic E-state index is 12.5. The molecular weight excluding hydrogens is 294 g/mol. The average molecular weight is 319 g/mol. The normalized spacial score (nSPS) is 25.8. The Bertz CT molecular complexity index is 575. The molecule has 6 heteroatoms. The Kier molecular flexibility index (Phi) is 3.89. The lowest BCUT2D eigenvalue weighted by molar-refractivity contribution is -0.120. The number of hydrogen-bond donors (Lipinski definition) is 1. The van der Waals surface area contributed by atoms with E-state index in [1.54, 1.807) is 6.33 Å². The van der Waals surface area contributed by atoms with Crippen LogP contribution in [0, 0.1) is 18.8 Å². The molecule has 0 bridgehead atoms. The molecule has 23 heavy (non-hydrogen) atoms. The van der Waals surface area contributed by atoms with Crippen LogP contribution in [0.4, 0.5) is 0 Å². The highest BCUT2D eigenvalue weighted by Gasteiger charge is 2.54. The zero-order chi connectivity index (χ0) is 15.9. The molecule has 1 aromatic heterocycles. The minimum Gasteiger partial charge on any atom is -0.381 e. The molecule has 2 saturated heterocycles. The zero-order valence-corrected chi connectivity index (χ0v) is 13.7. The molecule has 1 saturated carbocycles. The molecule has 1 aliphatic carbocycles. The SMILES string of the molecule is Cc1[nH]cnc1C(=O)N1CC2(C1)OCC[C@@H]2CCOCC1CC1. The van der Waals surface area contributed by atoms with Gasteiger partial charge in [0.15, 0.2) is 0 Å². The fraction of sp³-hybridized carbons (Fsp3) is 0.765. The maximum Gasteiger partial charge on any atom is 0.274 e. The van der Waals surface area contributed by atoms with Crippen LogP contribution < -0.4 is 0 Å². The molecule has 3 heterocycles. The first kappa shape index (κ1) is 15.1. The number of nitrogens with zero attached hydrogens (tertiary/aromatic N) is 2. The third kappa shape index (κ3) is 2.90. The summed E-state index contributed by atoms with van der Waals surface area (Å²) in [5.74, 6) is 1.33. The van der Waals surface area contributed by atoms with Crippen LogP contribution in [0.5, 0.6) is 0 Å². The van der Waals surface area contributed by atoms with Gasteiger partial charge in [-0.05, 0) is 44.4 Å². The summed E-state index contributed by atoms with van der Waals surface area (Å²) >= 11 is 0. The second-order valence-corrected chi connectivity index (χ2v) is 7.24. The summed E-state index contributed by atoms with van der Waals surface area (Å²) in [5, 5.41) is 0. The zero-order valence-electron chi connectivity index (χ0n) is 13.7. The van der Waals surface area contributed by atoms with Crippen LogP contribution in [-0.4, -0.2) is 59.3 Å². The molecule has 4 rings (SSSR count). The maximum absolute atomic E-state index is 12.5. The third-order valence-electron chi connectivity index (χ3n) is 5.50. The van der Waals surface area contributed by atoms with E-state index in [1.165, 1.54) is 12.8 Å². The summed E-state index contributed by atoms with van der Waals surface area (Å²) in [6.45, 7) is 5.79. The molecule has 1 spiro atoms. The summed E-state index contributed by atoms with van der Waals surface area (Å²) in [6, 6.07) is 0. The van der Waals surface area contributed by atoms with Gasteiger partial charge < -0.3 is 19.4 Å². The van der Waals surface area contributed by atoms with Gasteiger partial charge >= 0.3 is 0 Å². The number of rotatable bonds is 6. The Morgan fingerprint density at radius 3 is 3.00 bits per heavy atom. The number of amides is 1. The molecule has 1 atom stereocenters. The van der Waals surface area contributed by atoms with Gasteiger partial charge in [0, 0.05) is 25.5 Å². The summed E-state index contributed by atoms with van der Waals surface area (Å²) in [4.78, 5) is 21.4. The standard InChI is InChI=1S/C17H25N3O3/c1-12-15(19-11-18-12)16(21)20-9-17(10-20)14(5-7-23-17)4-6-22-8-13-2-3-13/h11,13-14H,2-10H2,1H3,(H,18,19)/t14-/m0/s1. The van der Waals surface area contributed by atoms with Crippen molar-refractivity contribution in [3.8, 4) is 0 Å². The van der Waals surface area contributed by atoms with Crippen molar-refractivity contribution in [2.45, 2.75) is 38.2 Å². The van der Waals surface area contributed by atoms with Gasteiger partial charge in [0.25, 0.3) is 5.91 Å². The van der Waals surface area contributed by atoms with E-state index in [2.05, 4.69) is 9.97 Å². The number of hydrogen-bond acceptors (Lipinski definition) is 4. The molecule has 3 aliphatic rings. The monoisotopic (exact) mass is 319 g/mol. The minimum atomic E-state index is -0.136. The smallest absolute Gasteiger partial charge is 0.274 e. The van der Waals surface area contributed by atoms with Crippen LogP contribution in [0.2, 0.25) is 0 Å². The molecule has 1 amide bonds. The molecular formula is C17H25N3O3. The lowest BCUT2D eigenvalue weighted by Gasteiger charge is -2.50. The van der Waals surface area contributed by atoms with Gasteiger partial charge in [-0.3, -0.25) is 4.79 Å². The van der Waals surface area contributed by atoms with E-state index in [0.717, 1.165) is 44.3 Å². The van der Waals surface area contributed by atoms with Gasteiger partial charge in [0.2, 0.25) is 0 Å². The van der Waals surface area contributed by atoms with Gasteiger partial charge in [0.1, 0.15) is 11.3 Å². The van der Waals surface area contributed by atoms with Crippen molar-refractivity contribution in [1.82, 2.24) is 14.9 Å². The van der Waals surface area contributed by atoms with Crippen LogP contribution in [0.3, 0.4) is 0 Å². The Hall–Kier alpha value is -1.40. The first-order valence-electron chi connectivity index (χ1n) is 8.69. The molecule has 126 valence electrons. The number of aromatic nitrogens is 2. The Balaban J connectivity index is 1.29. The Labute approximate surface area is 136 Å². The van der Waals surface area contributed by atoms with Crippen LogP contribution >= 0.6 is 0 Å². The summed E-state index contributed by atoms with van der Waals surface area (Å²) in [6.07, 6.45) is 6.36. The number of aromatic amines is 1. The first-order valence-corrected chi connectivity index (χ1v) is 8.69. The van der Waals surface area contributed by atoms with E-state index < -0.39 is 0 Å². The van der Waals surface area contributed by atoms with Gasteiger partial charge in [0.05, 0.1) is 19.4 Å². The van der Waals surface area contributed by atoms with Gasteiger partial charge in [-0.1, -0.05) is 0 Å². The second kappa shape index (κ2) is 5.91. The number of H-pyrrole nitrogens is 1. The highest BCUT2D eigenvalue weighted by Crippen LogP contribution is 2.42. The molecule has 0 unspecified atom stereocenters. The van der Waals surface area contributed by atoms with Crippen molar-refractivity contribution in [2.75, 3.05) is 32.9 Å². The molecule has 2 aliphatic heterocycles. The fourth-order valence-electron chi connectivity index (χ4n) is 3.77. The van der Waals surface area contributed by atoms with Crippen molar-refractivity contribution >= 4 is 5.91 Å². The third-order valence-corrected chi connectivity index (χ3v) is 5.50. The highest BCUT2D eigenvalue weighted by atomic mass is 16.5. The van der Waals surface area contributed by atoms with E-state index in [4.69, 9.17) is 9.47 Å². The number of aryl methyl sites for hydroxylation is 1. The fourth-order valence-corrected chi connectivity index (χ4v) is 3.77. The van der Waals surface area contributed by atoms with Gasteiger partial charge in [-0.25, -0.2) is 4.98 Å². The number of nitrogens with one attached hydrogen (secondary N) is 1. The van der Waals surface area contributed by atoms with Crippen LogP contribution in [0.25, 0.3) is 0 Å². The predicted molar refractivity (Wildman–Crippen MR) is 84.2 cm³/mol. The van der Waals surface area contributed by atoms with E-state index in [-0.39, 0.29) is 11.5 Å². The van der Waals surface area contributed by atoms with Crippen molar-refractivity contribution in [3.05, 3.63) is 17.7 Å². The number of carbonyl (C=O) groups excluding carboxylic acids is 1. The molecule has 0 aromatic carbocycles. The largest absolute Gasteiger partial charge is 0.381 e. The van der Waals surface area contributed by atoms with Crippen molar-refractivity contribution in [2.24, 2.45) is 11.8 Å². The number of imidazole rings is 1. The number of ether oxygens (including phenoxy) is 2. The van der Waals surface area contributed by atoms with Crippen molar-refractivity contribution in [1.29, 1.82) is 0 Å². The minimum absolute atomic E-state index is 0.00797. The molecule has 3 fully saturated rings. The highest BCUT2D eigenvalue weighted by molar-refractivity contribution is 5.94. The molecule has 1 N–H and O–H groups in total. The first-order chi connectivity index (χ1) is 11.2. The van der Waals surface area contributed by atoms with Gasteiger partial charge in [-0.2, -0.15) is 0 Å². The topological polar surface area (TPSA) is 67.5 Å². The Morgan fingerprint density at radius 1 is 1.48 bits per heavy atom. The average Bonchev–Trinajstić information content (AvgIpc) is 3.07. The lowest BCUT2D eigenvalue weighted by Crippen LogP contribution is -2.66. The Morgan fingerprint density at radius 2 is 2.30 bits per heavy atom. The predicted octanol–water partition coefficient (Wildman–Crippen LogP) is 1.77. The summed E-state index contributed by atoms with van der Waals surface area (Å²) < 4.78 is 11.8. The van der Waals surface area contributed by atoms with Gasteiger partial charge in [-0.15, -0.1) is 0 Å². The molecule has 1 aromatic rings. The van der Waals surface area contributed by atoms with E-state index in [0.29, 0.717) is 24.7 Å². The lowest BCUT2D eigenvalue weighted by atomic mass is 9.79. The summed E-state index contributed by atoms with van der Waals surface area (Å²) in [5.41, 5.74) is 1.22. The number of carbonyl (C=O) groups is 1. The van der Waals surface area contributed by atoms with E-state index in [1.807, 2.05) is 11.8 Å².